The second kappa shape index (κ2) is 6.25. The van der Waals surface area contributed by atoms with E-state index >= 15 is 0 Å². The van der Waals surface area contributed by atoms with E-state index in [9.17, 15) is 0 Å². The van der Waals surface area contributed by atoms with Crippen molar-refractivity contribution in [2.45, 2.75) is 19.8 Å². The van der Waals surface area contributed by atoms with E-state index in [1.807, 2.05) is 18.2 Å². The Hall–Kier alpha value is -2.57. The van der Waals surface area contributed by atoms with E-state index in [-0.39, 0.29) is 6.79 Å². The minimum absolute atomic E-state index is 0.263. The van der Waals surface area contributed by atoms with Crippen LogP contribution in [0.15, 0.2) is 24.4 Å². The van der Waals surface area contributed by atoms with Crippen LogP contribution in [0, 0.1) is 0 Å². The number of ether oxygens (including phenoxy) is 2. The summed E-state index contributed by atoms with van der Waals surface area (Å²) < 4.78 is 10.6. The van der Waals surface area contributed by atoms with Crippen molar-refractivity contribution in [2.24, 2.45) is 0 Å². The topological polar surface area (TPSA) is 81.2 Å². The maximum Gasteiger partial charge on any atom is 0.244 e. The molecule has 0 saturated carbocycles. The Morgan fingerprint density at radius 1 is 1.24 bits per heavy atom. The van der Waals surface area contributed by atoms with Crippen LogP contribution < -0.4 is 20.1 Å². The fourth-order valence-electron chi connectivity index (χ4n) is 1.94. The monoisotopic (exact) mass is 287 g/mol. The van der Waals surface area contributed by atoms with E-state index in [0.29, 0.717) is 11.8 Å². The van der Waals surface area contributed by atoms with Crippen LogP contribution in [0.1, 0.15) is 19.8 Å². The van der Waals surface area contributed by atoms with Crippen molar-refractivity contribution < 1.29 is 9.47 Å². The average Bonchev–Trinajstić information content (AvgIpc) is 2.95. The van der Waals surface area contributed by atoms with E-state index in [1.165, 1.54) is 0 Å². The highest BCUT2D eigenvalue weighted by Gasteiger charge is 2.13. The Labute approximate surface area is 122 Å². The first-order valence-electron chi connectivity index (χ1n) is 6.95. The van der Waals surface area contributed by atoms with E-state index < -0.39 is 0 Å². The second-order valence-electron chi connectivity index (χ2n) is 4.64. The fourth-order valence-corrected chi connectivity index (χ4v) is 1.94. The van der Waals surface area contributed by atoms with Crippen LogP contribution in [-0.4, -0.2) is 28.5 Å². The predicted octanol–water partition coefficient (Wildman–Crippen LogP) is 2.56. The van der Waals surface area contributed by atoms with Crippen molar-refractivity contribution in [3.05, 3.63) is 24.4 Å². The molecule has 1 aromatic heterocycles. The van der Waals surface area contributed by atoms with Crippen LogP contribution in [0.2, 0.25) is 0 Å². The van der Waals surface area contributed by atoms with Gasteiger partial charge in [-0.1, -0.05) is 13.3 Å². The molecule has 7 heteroatoms. The maximum absolute atomic E-state index is 5.34. The largest absolute Gasteiger partial charge is 0.454 e. The highest BCUT2D eigenvalue weighted by atomic mass is 16.7. The number of rotatable bonds is 6. The molecule has 110 valence electrons. The first-order valence-corrected chi connectivity index (χ1v) is 6.95. The molecule has 2 aromatic rings. The van der Waals surface area contributed by atoms with E-state index in [1.54, 1.807) is 6.20 Å². The number of hydrogen-bond donors (Lipinski definition) is 2. The molecule has 0 unspecified atom stereocenters. The number of unbranched alkanes of at least 4 members (excludes halogenated alkanes) is 1. The Morgan fingerprint density at radius 3 is 3.05 bits per heavy atom. The zero-order chi connectivity index (χ0) is 14.5. The molecule has 0 fully saturated rings. The van der Waals surface area contributed by atoms with Crippen molar-refractivity contribution in [3.8, 4) is 11.5 Å². The van der Waals surface area contributed by atoms with Gasteiger partial charge in [0.25, 0.3) is 0 Å². The maximum atomic E-state index is 5.34. The minimum Gasteiger partial charge on any atom is -0.454 e. The van der Waals surface area contributed by atoms with Gasteiger partial charge in [-0.2, -0.15) is 10.1 Å². The molecule has 1 aliphatic heterocycles. The quantitative estimate of drug-likeness (QED) is 0.790. The molecule has 1 aromatic carbocycles. The molecule has 0 spiro atoms. The molecule has 1 aliphatic rings. The highest BCUT2D eigenvalue weighted by Crippen LogP contribution is 2.34. The molecule has 2 heterocycles. The fraction of sp³-hybridized carbons (Fsp3) is 0.357. The third-order valence-electron chi connectivity index (χ3n) is 3.02. The summed E-state index contributed by atoms with van der Waals surface area (Å²) in [5.74, 6) is 2.63. The van der Waals surface area contributed by atoms with Gasteiger partial charge in [0.05, 0.1) is 6.20 Å². The van der Waals surface area contributed by atoms with Gasteiger partial charge in [0.15, 0.2) is 17.3 Å². The van der Waals surface area contributed by atoms with Gasteiger partial charge in [-0.15, -0.1) is 5.10 Å². The average molecular weight is 287 g/mol. The van der Waals surface area contributed by atoms with Crippen LogP contribution in [0.3, 0.4) is 0 Å². The van der Waals surface area contributed by atoms with Gasteiger partial charge in [-0.05, 0) is 18.6 Å². The summed E-state index contributed by atoms with van der Waals surface area (Å²) in [6.07, 6.45) is 3.77. The van der Waals surface area contributed by atoms with E-state index in [2.05, 4.69) is 32.7 Å². The van der Waals surface area contributed by atoms with Crippen molar-refractivity contribution in [2.75, 3.05) is 24.0 Å². The molecule has 0 bridgehead atoms. The molecule has 0 atom stereocenters. The molecular formula is C14H17N5O2. The van der Waals surface area contributed by atoms with Gasteiger partial charge in [0.1, 0.15) is 0 Å². The summed E-state index contributed by atoms with van der Waals surface area (Å²) in [7, 11) is 0. The number of aromatic nitrogens is 3. The van der Waals surface area contributed by atoms with Gasteiger partial charge < -0.3 is 20.1 Å². The summed E-state index contributed by atoms with van der Waals surface area (Å²) in [5, 5.41) is 14.2. The summed E-state index contributed by atoms with van der Waals surface area (Å²) in [6, 6.07) is 5.63. The highest BCUT2D eigenvalue weighted by molar-refractivity contribution is 5.61. The number of nitrogens with zero attached hydrogens (tertiary/aromatic N) is 3. The Balaban J connectivity index is 1.68. The SMILES string of the molecule is CCCCNc1nncc(Nc2ccc3c(c2)OCO3)n1. The smallest absolute Gasteiger partial charge is 0.244 e. The van der Waals surface area contributed by atoms with Crippen molar-refractivity contribution in [1.29, 1.82) is 0 Å². The summed E-state index contributed by atoms with van der Waals surface area (Å²) in [6.45, 7) is 3.24. The summed E-state index contributed by atoms with van der Waals surface area (Å²) in [4.78, 5) is 4.37. The van der Waals surface area contributed by atoms with Crippen LogP contribution in [0.4, 0.5) is 17.5 Å². The number of anilines is 3. The lowest BCUT2D eigenvalue weighted by molar-refractivity contribution is 0.174. The lowest BCUT2D eigenvalue weighted by atomic mass is 10.3. The molecule has 0 aliphatic carbocycles. The van der Waals surface area contributed by atoms with Gasteiger partial charge in [0.2, 0.25) is 12.7 Å². The Bertz CT molecular complexity index is 620. The molecule has 0 saturated heterocycles. The van der Waals surface area contributed by atoms with Crippen molar-refractivity contribution >= 4 is 17.5 Å². The van der Waals surface area contributed by atoms with E-state index in [0.717, 1.165) is 36.6 Å². The predicted molar refractivity (Wildman–Crippen MR) is 79.1 cm³/mol. The third-order valence-corrected chi connectivity index (χ3v) is 3.02. The van der Waals surface area contributed by atoms with Crippen molar-refractivity contribution in [3.63, 3.8) is 0 Å². The van der Waals surface area contributed by atoms with Gasteiger partial charge in [-0.3, -0.25) is 0 Å². The number of nitrogens with one attached hydrogen (secondary N) is 2. The van der Waals surface area contributed by atoms with E-state index in [4.69, 9.17) is 9.47 Å². The van der Waals surface area contributed by atoms with Crippen LogP contribution in [0.25, 0.3) is 0 Å². The summed E-state index contributed by atoms with van der Waals surface area (Å²) in [5.41, 5.74) is 0.860. The van der Waals surface area contributed by atoms with Crippen LogP contribution >= 0.6 is 0 Å². The van der Waals surface area contributed by atoms with Crippen LogP contribution in [0.5, 0.6) is 11.5 Å². The normalized spacial score (nSPS) is 12.2. The molecule has 7 nitrogen and oxygen atoms in total. The first-order chi connectivity index (χ1) is 10.3. The van der Waals surface area contributed by atoms with Crippen LogP contribution in [-0.2, 0) is 0 Å². The summed E-state index contributed by atoms with van der Waals surface area (Å²) >= 11 is 0. The number of benzene rings is 1. The molecule has 0 radical (unpaired) electrons. The molecule has 21 heavy (non-hydrogen) atoms. The van der Waals surface area contributed by atoms with Crippen molar-refractivity contribution in [1.82, 2.24) is 15.2 Å². The first kappa shape index (κ1) is 13.4. The second-order valence-corrected chi connectivity index (χ2v) is 4.64. The van der Waals surface area contributed by atoms with Gasteiger partial charge in [0, 0.05) is 18.3 Å². The molecule has 0 amide bonds. The zero-order valence-electron chi connectivity index (χ0n) is 11.8. The Kier molecular flexibility index (Phi) is 3.99. The lowest BCUT2D eigenvalue weighted by Gasteiger charge is -2.08. The van der Waals surface area contributed by atoms with Gasteiger partial charge in [-0.25, -0.2) is 0 Å². The molecular weight excluding hydrogens is 270 g/mol. The minimum atomic E-state index is 0.263. The van der Waals surface area contributed by atoms with Gasteiger partial charge >= 0.3 is 0 Å². The number of hydrogen-bond acceptors (Lipinski definition) is 7. The number of fused-ring (bicyclic) bond motifs is 1. The Morgan fingerprint density at radius 2 is 2.14 bits per heavy atom. The third kappa shape index (κ3) is 3.31. The standard InChI is InChI=1S/C14H17N5O2/c1-2-3-6-15-14-18-13(8-16-19-14)17-10-4-5-11-12(7-10)21-9-20-11/h4-5,7-8H,2-3,6,9H2,1H3,(H2,15,17,18,19). The zero-order valence-corrected chi connectivity index (χ0v) is 11.8. The lowest BCUT2D eigenvalue weighted by Crippen LogP contribution is -2.07. The molecule has 3 rings (SSSR count). The molecule has 2 N–H and O–H groups in total.